The first kappa shape index (κ1) is 16.4. The van der Waals surface area contributed by atoms with Gasteiger partial charge in [0.2, 0.25) is 17.6 Å². The van der Waals surface area contributed by atoms with Gasteiger partial charge in [0.15, 0.2) is 0 Å². The summed E-state index contributed by atoms with van der Waals surface area (Å²) in [6.45, 7) is 0. The number of rotatable bonds is 5. The van der Waals surface area contributed by atoms with Crippen LogP contribution in [0.15, 0.2) is 53.3 Å². The topological polar surface area (TPSA) is 72.1 Å². The molecule has 1 amide bonds. The van der Waals surface area contributed by atoms with E-state index < -0.39 is 0 Å². The van der Waals surface area contributed by atoms with Crippen molar-refractivity contribution in [1.82, 2.24) is 20.0 Å². The van der Waals surface area contributed by atoms with E-state index in [2.05, 4.69) is 33.3 Å². The number of amides is 1. The van der Waals surface area contributed by atoms with Crippen molar-refractivity contribution in [3.05, 3.63) is 65.8 Å². The fourth-order valence-corrected chi connectivity index (χ4v) is 3.48. The predicted octanol–water partition coefficient (Wildman–Crippen LogP) is 3.21. The average Bonchev–Trinajstić information content (AvgIpc) is 3.33. The van der Waals surface area contributed by atoms with Gasteiger partial charge >= 0.3 is 0 Å². The second kappa shape index (κ2) is 7.07. The summed E-state index contributed by atoms with van der Waals surface area (Å²) >= 11 is 0. The van der Waals surface area contributed by atoms with Crippen LogP contribution in [-0.2, 0) is 17.6 Å². The van der Waals surface area contributed by atoms with Crippen LogP contribution >= 0.6 is 0 Å². The number of hydrogen-bond acceptors (Lipinski definition) is 5. The smallest absolute Gasteiger partial charge is 0.227 e. The Labute approximate surface area is 151 Å². The van der Waals surface area contributed by atoms with Gasteiger partial charge in [0, 0.05) is 37.8 Å². The van der Waals surface area contributed by atoms with Gasteiger partial charge in [0.05, 0.1) is 6.04 Å². The SMILES string of the molecule is CN(C(=O)CCc1nc(-c2ccncc2)no1)C1CCc2ccccc21. The lowest BCUT2D eigenvalue weighted by Gasteiger charge is -2.25. The van der Waals surface area contributed by atoms with E-state index in [9.17, 15) is 4.79 Å². The van der Waals surface area contributed by atoms with E-state index in [4.69, 9.17) is 4.52 Å². The second-order valence-corrected chi connectivity index (χ2v) is 6.51. The quantitative estimate of drug-likeness (QED) is 0.708. The molecule has 6 heteroatoms. The van der Waals surface area contributed by atoms with Gasteiger partial charge in [0.1, 0.15) is 0 Å². The van der Waals surface area contributed by atoms with Crippen LogP contribution in [0.5, 0.6) is 0 Å². The molecule has 2 aromatic heterocycles. The molecule has 0 radical (unpaired) electrons. The van der Waals surface area contributed by atoms with Crippen molar-refractivity contribution in [2.24, 2.45) is 0 Å². The zero-order valence-electron chi connectivity index (χ0n) is 14.6. The van der Waals surface area contributed by atoms with E-state index in [0.29, 0.717) is 24.6 Å². The van der Waals surface area contributed by atoms with Crippen molar-refractivity contribution >= 4 is 5.91 Å². The Bertz CT molecular complexity index is 907. The molecule has 0 bridgehead atoms. The van der Waals surface area contributed by atoms with Crippen molar-refractivity contribution < 1.29 is 9.32 Å². The van der Waals surface area contributed by atoms with E-state index in [-0.39, 0.29) is 11.9 Å². The lowest BCUT2D eigenvalue weighted by molar-refractivity contribution is -0.132. The van der Waals surface area contributed by atoms with Crippen LogP contribution in [-0.4, -0.2) is 33.0 Å². The minimum Gasteiger partial charge on any atom is -0.339 e. The molecule has 2 heterocycles. The van der Waals surface area contributed by atoms with Crippen molar-refractivity contribution in [3.8, 4) is 11.4 Å². The van der Waals surface area contributed by atoms with Crippen molar-refractivity contribution in [2.75, 3.05) is 7.05 Å². The first-order valence-corrected chi connectivity index (χ1v) is 8.79. The Kier molecular flexibility index (Phi) is 4.48. The van der Waals surface area contributed by atoms with Gasteiger partial charge < -0.3 is 9.42 Å². The Morgan fingerprint density at radius 2 is 2.04 bits per heavy atom. The minimum atomic E-state index is 0.0929. The van der Waals surface area contributed by atoms with Gasteiger partial charge in [-0.1, -0.05) is 29.4 Å². The van der Waals surface area contributed by atoms with Crippen molar-refractivity contribution in [3.63, 3.8) is 0 Å². The number of carbonyl (C=O) groups is 1. The monoisotopic (exact) mass is 348 g/mol. The molecule has 1 atom stereocenters. The summed E-state index contributed by atoms with van der Waals surface area (Å²) in [5.74, 6) is 1.09. The number of nitrogens with zero attached hydrogens (tertiary/aromatic N) is 4. The Balaban J connectivity index is 1.38. The number of aromatic nitrogens is 3. The molecule has 6 nitrogen and oxygen atoms in total. The molecule has 1 aliphatic carbocycles. The van der Waals surface area contributed by atoms with E-state index >= 15 is 0 Å². The van der Waals surface area contributed by atoms with Gasteiger partial charge in [0.25, 0.3) is 0 Å². The fraction of sp³-hybridized carbons (Fsp3) is 0.300. The van der Waals surface area contributed by atoms with E-state index in [1.165, 1.54) is 11.1 Å². The molecule has 0 saturated heterocycles. The summed E-state index contributed by atoms with van der Waals surface area (Å²) < 4.78 is 5.28. The molecule has 3 aromatic rings. The lowest BCUT2D eigenvalue weighted by Crippen LogP contribution is -2.30. The Hall–Kier alpha value is -3.02. The summed E-state index contributed by atoms with van der Waals surface area (Å²) in [6, 6.07) is 12.2. The van der Waals surface area contributed by atoms with E-state index in [0.717, 1.165) is 18.4 Å². The molecule has 1 aliphatic rings. The van der Waals surface area contributed by atoms with Crippen LogP contribution in [0.1, 0.15) is 35.9 Å². The van der Waals surface area contributed by atoms with Crippen LogP contribution in [0, 0.1) is 0 Å². The standard InChI is InChI=1S/C20H20N4O2/c1-24(17-7-6-14-4-2-3-5-16(14)17)19(25)9-8-18-22-20(23-26-18)15-10-12-21-13-11-15/h2-5,10-13,17H,6-9H2,1H3. The summed E-state index contributed by atoms with van der Waals surface area (Å²) in [5.41, 5.74) is 3.46. The summed E-state index contributed by atoms with van der Waals surface area (Å²) in [4.78, 5) is 22.8. The normalized spacial score (nSPS) is 15.7. The first-order chi connectivity index (χ1) is 12.7. The maximum atomic E-state index is 12.6. The zero-order valence-corrected chi connectivity index (χ0v) is 14.6. The van der Waals surface area contributed by atoms with Gasteiger partial charge in [-0.15, -0.1) is 0 Å². The average molecular weight is 348 g/mol. The van der Waals surface area contributed by atoms with E-state index in [1.54, 1.807) is 12.4 Å². The molecule has 0 fully saturated rings. The Morgan fingerprint density at radius 1 is 1.23 bits per heavy atom. The molecule has 4 rings (SSSR count). The highest BCUT2D eigenvalue weighted by molar-refractivity contribution is 5.76. The predicted molar refractivity (Wildman–Crippen MR) is 96.1 cm³/mol. The lowest BCUT2D eigenvalue weighted by atomic mass is 10.1. The zero-order chi connectivity index (χ0) is 17.9. The molecule has 26 heavy (non-hydrogen) atoms. The fourth-order valence-electron chi connectivity index (χ4n) is 3.48. The molecule has 1 unspecified atom stereocenters. The highest BCUT2D eigenvalue weighted by Gasteiger charge is 2.28. The third-order valence-electron chi connectivity index (χ3n) is 4.92. The molecule has 0 aliphatic heterocycles. The molecular formula is C20H20N4O2. The van der Waals surface area contributed by atoms with Crippen molar-refractivity contribution in [1.29, 1.82) is 0 Å². The summed E-state index contributed by atoms with van der Waals surface area (Å²) in [6.07, 6.45) is 6.17. The molecule has 1 aromatic carbocycles. The number of fused-ring (bicyclic) bond motifs is 1. The van der Waals surface area contributed by atoms with Gasteiger partial charge in [-0.25, -0.2) is 0 Å². The summed E-state index contributed by atoms with van der Waals surface area (Å²) in [5, 5.41) is 3.98. The number of carbonyl (C=O) groups excluding carboxylic acids is 1. The van der Waals surface area contributed by atoms with E-state index in [1.807, 2.05) is 30.1 Å². The van der Waals surface area contributed by atoms with Gasteiger partial charge in [-0.3, -0.25) is 9.78 Å². The third-order valence-corrected chi connectivity index (χ3v) is 4.92. The number of aryl methyl sites for hydroxylation is 2. The first-order valence-electron chi connectivity index (χ1n) is 8.79. The molecule has 0 saturated carbocycles. The molecular weight excluding hydrogens is 328 g/mol. The maximum Gasteiger partial charge on any atom is 0.227 e. The Morgan fingerprint density at radius 3 is 2.88 bits per heavy atom. The summed E-state index contributed by atoms with van der Waals surface area (Å²) in [7, 11) is 1.88. The second-order valence-electron chi connectivity index (χ2n) is 6.51. The van der Waals surface area contributed by atoms with Crippen LogP contribution in [0.4, 0.5) is 0 Å². The minimum absolute atomic E-state index is 0.0929. The largest absolute Gasteiger partial charge is 0.339 e. The third kappa shape index (κ3) is 3.22. The number of benzene rings is 1. The van der Waals surface area contributed by atoms with Crippen molar-refractivity contribution in [2.45, 2.75) is 31.7 Å². The van der Waals surface area contributed by atoms with Gasteiger partial charge in [-0.2, -0.15) is 4.98 Å². The highest BCUT2D eigenvalue weighted by atomic mass is 16.5. The highest BCUT2D eigenvalue weighted by Crippen LogP contribution is 2.35. The maximum absolute atomic E-state index is 12.6. The van der Waals surface area contributed by atoms with Crippen LogP contribution in [0.25, 0.3) is 11.4 Å². The van der Waals surface area contributed by atoms with Crippen LogP contribution < -0.4 is 0 Å². The van der Waals surface area contributed by atoms with Crippen LogP contribution in [0.3, 0.4) is 0 Å². The van der Waals surface area contributed by atoms with Crippen LogP contribution in [0.2, 0.25) is 0 Å². The number of pyridine rings is 1. The molecule has 0 spiro atoms. The molecule has 132 valence electrons. The van der Waals surface area contributed by atoms with Gasteiger partial charge in [-0.05, 0) is 36.1 Å². The number of hydrogen-bond donors (Lipinski definition) is 0. The molecule has 0 N–H and O–H groups in total.